The highest BCUT2D eigenvalue weighted by Crippen LogP contribution is 2.25. The van der Waals surface area contributed by atoms with E-state index in [1.54, 1.807) is 24.4 Å². The Kier molecular flexibility index (Phi) is 3.24. The molecule has 0 aliphatic rings. The molecule has 20 heavy (non-hydrogen) atoms. The SMILES string of the molecule is O=C(c1ccc(Cl)c(F)c1)c1c[nH]c2cc(Cl)ccc12. The number of carbonyl (C=O) groups is 1. The minimum atomic E-state index is -0.611. The van der Waals surface area contributed by atoms with E-state index in [1.807, 2.05) is 0 Å². The van der Waals surface area contributed by atoms with E-state index in [9.17, 15) is 9.18 Å². The second-order valence-corrected chi connectivity index (χ2v) is 5.19. The molecule has 1 N–H and O–H groups in total. The van der Waals surface area contributed by atoms with Crippen LogP contribution >= 0.6 is 23.2 Å². The predicted molar refractivity (Wildman–Crippen MR) is 78.2 cm³/mol. The molecular formula is C15H8Cl2FNO. The van der Waals surface area contributed by atoms with Crippen LogP contribution < -0.4 is 0 Å². The zero-order valence-corrected chi connectivity index (χ0v) is 11.6. The first-order valence-corrected chi connectivity index (χ1v) is 6.58. The topological polar surface area (TPSA) is 32.9 Å². The van der Waals surface area contributed by atoms with E-state index < -0.39 is 5.82 Å². The maximum absolute atomic E-state index is 13.4. The monoisotopic (exact) mass is 307 g/mol. The number of hydrogen-bond donors (Lipinski definition) is 1. The molecule has 1 aromatic heterocycles. The number of aromatic nitrogens is 1. The van der Waals surface area contributed by atoms with E-state index in [-0.39, 0.29) is 16.4 Å². The summed E-state index contributed by atoms with van der Waals surface area (Å²) in [5, 5.41) is 1.32. The molecule has 0 unspecified atom stereocenters. The number of rotatable bonds is 2. The van der Waals surface area contributed by atoms with Gasteiger partial charge >= 0.3 is 0 Å². The van der Waals surface area contributed by atoms with Crippen LogP contribution in [0.4, 0.5) is 4.39 Å². The fraction of sp³-hybridized carbons (Fsp3) is 0. The molecule has 0 spiro atoms. The van der Waals surface area contributed by atoms with E-state index in [1.165, 1.54) is 12.1 Å². The number of aromatic amines is 1. The Hall–Kier alpha value is -1.84. The van der Waals surface area contributed by atoms with Gasteiger partial charge in [0.25, 0.3) is 0 Å². The minimum absolute atomic E-state index is 0.00717. The molecule has 0 atom stereocenters. The average molecular weight is 308 g/mol. The minimum Gasteiger partial charge on any atom is -0.360 e. The van der Waals surface area contributed by atoms with Crippen molar-refractivity contribution in [1.82, 2.24) is 4.98 Å². The first kappa shape index (κ1) is 13.2. The van der Waals surface area contributed by atoms with Crippen molar-refractivity contribution in [3.05, 3.63) is 69.6 Å². The third kappa shape index (κ3) is 2.19. The van der Waals surface area contributed by atoms with Gasteiger partial charge < -0.3 is 4.98 Å². The molecule has 0 saturated heterocycles. The van der Waals surface area contributed by atoms with Crippen molar-refractivity contribution in [2.75, 3.05) is 0 Å². The number of benzene rings is 2. The lowest BCUT2D eigenvalue weighted by atomic mass is 10.0. The number of H-pyrrole nitrogens is 1. The van der Waals surface area contributed by atoms with Gasteiger partial charge in [-0.15, -0.1) is 0 Å². The highest BCUT2D eigenvalue weighted by atomic mass is 35.5. The summed E-state index contributed by atoms with van der Waals surface area (Å²) in [5.74, 6) is -0.880. The van der Waals surface area contributed by atoms with Crippen molar-refractivity contribution < 1.29 is 9.18 Å². The standard InChI is InChI=1S/C15H8Cl2FNO/c16-9-2-3-10-11(7-19-14(10)6-9)15(20)8-1-4-12(17)13(18)5-8/h1-7,19H. The molecule has 3 aromatic rings. The molecule has 0 aliphatic heterocycles. The van der Waals surface area contributed by atoms with Gasteiger partial charge in [0.15, 0.2) is 5.78 Å². The van der Waals surface area contributed by atoms with Gasteiger partial charge in [0, 0.05) is 33.2 Å². The Labute approximate surface area is 124 Å². The van der Waals surface area contributed by atoms with E-state index in [2.05, 4.69) is 4.98 Å². The summed E-state index contributed by atoms with van der Waals surface area (Å²) in [7, 11) is 0. The molecule has 0 fully saturated rings. The maximum atomic E-state index is 13.4. The molecule has 0 amide bonds. The molecule has 2 nitrogen and oxygen atoms in total. The highest BCUT2D eigenvalue weighted by molar-refractivity contribution is 6.31. The fourth-order valence-electron chi connectivity index (χ4n) is 2.08. The summed E-state index contributed by atoms with van der Waals surface area (Å²) in [6.07, 6.45) is 1.59. The van der Waals surface area contributed by atoms with Crippen molar-refractivity contribution >= 4 is 39.9 Å². The summed E-state index contributed by atoms with van der Waals surface area (Å²) in [6, 6.07) is 9.21. The lowest BCUT2D eigenvalue weighted by molar-refractivity contribution is 0.104. The van der Waals surface area contributed by atoms with Crippen molar-refractivity contribution in [1.29, 1.82) is 0 Å². The highest BCUT2D eigenvalue weighted by Gasteiger charge is 2.15. The average Bonchev–Trinajstić information content (AvgIpc) is 2.84. The number of nitrogens with one attached hydrogen (secondary N) is 1. The van der Waals surface area contributed by atoms with E-state index in [0.29, 0.717) is 10.6 Å². The van der Waals surface area contributed by atoms with Gasteiger partial charge in [-0.2, -0.15) is 0 Å². The summed E-state index contributed by atoms with van der Waals surface area (Å²) in [6.45, 7) is 0. The molecule has 0 bridgehead atoms. The number of fused-ring (bicyclic) bond motifs is 1. The van der Waals surface area contributed by atoms with Crippen molar-refractivity contribution in [2.45, 2.75) is 0 Å². The van der Waals surface area contributed by atoms with Crippen molar-refractivity contribution in [2.24, 2.45) is 0 Å². The van der Waals surface area contributed by atoms with Crippen LogP contribution in [0.25, 0.3) is 10.9 Å². The van der Waals surface area contributed by atoms with Gasteiger partial charge in [0.2, 0.25) is 0 Å². The van der Waals surface area contributed by atoms with Crippen molar-refractivity contribution in [3.63, 3.8) is 0 Å². The van der Waals surface area contributed by atoms with Gasteiger partial charge in [-0.3, -0.25) is 4.79 Å². The van der Waals surface area contributed by atoms with Gasteiger partial charge in [0.05, 0.1) is 5.02 Å². The molecule has 0 aliphatic carbocycles. The number of hydrogen-bond acceptors (Lipinski definition) is 1. The summed E-state index contributed by atoms with van der Waals surface area (Å²) >= 11 is 11.5. The van der Waals surface area contributed by atoms with Crippen LogP contribution in [0, 0.1) is 5.82 Å². The van der Waals surface area contributed by atoms with Crippen LogP contribution in [0.1, 0.15) is 15.9 Å². The second kappa shape index (κ2) is 4.93. The third-order valence-corrected chi connectivity index (χ3v) is 3.61. The summed E-state index contributed by atoms with van der Waals surface area (Å²) in [5.41, 5.74) is 1.48. The number of ketones is 1. The van der Waals surface area contributed by atoms with Gasteiger partial charge in [0.1, 0.15) is 5.82 Å². The van der Waals surface area contributed by atoms with Crippen molar-refractivity contribution in [3.8, 4) is 0 Å². The lowest BCUT2D eigenvalue weighted by Crippen LogP contribution is -2.01. The first-order chi connectivity index (χ1) is 9.56. The smallest absolute Gasteiger partial charge is 0.195 e. The molecule has 100 valence electrons. The number of halogens is 3. The zero-order chi connectivity index (χ0) is 14.3. The zero-order valence-electron chi connectivity index (χ0n) is 10.1. The van der Waals surface area contributed by atoms with Crippen LogP contribution in [0.15, 0.2) is 42.6 Å². The molecule has 3 rings (SSSR count). The molecule has 2 aromatic carbocycles. The van der Waals surface area contributed by atoms with E-state index in [0.717, 1.165) is 17.0 Å². The Morgan fingerprint density at radius 3 is 2.65 bits per heavy atom. The molecule has 1 heterocycles. The fourth-order valence-corrected chi connectivity index (χ4v) is 2.37. The molecule has 0 saturated carbocycles. The Balaban J connectivity index is 2.10. The van der Waals surface area contributed by atoms with Gasteiger partial charge in [-0.1, -0.05) is 29.3 Å². The lowest BCUT2D eigenvalue weighted by Gasteiger charge is -2.01. The molecular weight excluding hydrogens is 300 g/mol. The third-order valence-electron chi connectivity index (χ3n) is 3.07. The second-order valence-electron chi connectivity index (χ2n) is 4.35. The van der Waals surface area contributed by atoms with E-state index >= 15 is 0 Å². The van der Waals surface area contributed by atoms with Gasteiger partial charge in [-0.05, 0) is 30.3 Å². The van der Waals surface area contributed by atoms with Crippen LogP contribution in [0.2, 0.25) is 10.0 Å². The van der Waals surface area contributed by atoms with Crippen LogP contribution in [0.3, 0.4) is 0 Å². The number of carbonyl (C=O) groups excluding carboxylic acids is 1. The van der Waals surface area contributed by atoms with Crippen LogP contribution in [-0.2, 0) is 0 Å². The summed E-state index contributed by atoms with van der Waals surface area (Å²) < 4.78 is 13.4. The Morgan fingerprint density at radius 1 is 1.10 bits per heavy atom. The first-order valence-electron chi connectivity index (χ1n) is 5.82. The maximum Gasteiger partial charge on any atom is 0.195 e. The van der Waals surface area contributed by atoms with Crippen LogP contribution in [0.5, 0.6) is 0 Å². The predicted octanol–water partition coefficient (Wildman–Crippen LogP) is 4.84. The largest absolute Gasteiger partial charge is 0.360 e. The van der Waals surface area contributed by atoms with E-state index in [4.69, 9.17) is 23.2 Å². The van der Waals surface area contributed by atoms with Crippen LogP contribution in [-0.4, -0.2) is 10.8 Å². The summed E-state index contributed by atoms with van der Waals surface area (Å²) in [4.78, 5) is 15.4. The molecule has 0 radical (unpaired) electrons. The quantitative estimate of drug-likeness (QED) is 0.675. The van der Waals surface area contributed by atoms with Gasteiger partial charge in [-0.25, -0.2) is 4.39 Å². The Morgan fingerprint density at radius 2 is 1.90 bits per heavy atom. The normalized spacial score (nSPS) is 10.9. The Bertz CT molecular complexity index is 826. The molecule has 5 heteroatoms.